The van der Waals surface area contributed by atoms with Gasteiger partial charge < -0.3 is 15.1 Å². The third-order valence-corrected chi connectivity index (χ3v) is 5.86. The monoisotopic (exact) mass is 378 g/mol. The number of hydrogen-bond donors (Lipinski definition) is 1. The summed E-state index contributed by atoms with van der Waals surface area (Å²) < 4.78 is 0. The van der Waals surface area contributed by atoms with Crippen LogP contribution in [0.2, 0.25) is 0 Å². The van der Waals surface area contributed by atoms with Crippen molar-refractivity contribution in [2.75, 3.05) is 29.9 Å². The Morgan fingerprint density at radius 1 is 1.18 bits per heavy atom. The van der Waals surface area contributed by atoms with Crippen molar-refractivity contribution in [3.8, 4) is 0 Å². The number of hydrogen-bond acceptors (Lipinski definition) is 4. The molecule has 0 unspecified atom stereocenters. The van der Waals surface area contributed by atoms with Crippen molar-refractivity contribution in [2.24, 2.45) is 0 Å². The Morgan fingerprint density at radius 3 is 2.57 bits per heavy atom. The highest BCUT2D eigenvalue weighted by molar-refractivity contribution is 6.09. The van der Waals surface area contributed by atoms with Gasteiger partial charge in [-0.05, 0) is 62.6 Å². The van der Waals surface area contributed by atoms with Gasteiger partial charge >= 0.3 is 0 Å². The van der Waals surface area contributed by atoms with Crippen molar-refractivity contribution in [1.29, 1.82) is 0 Å². The average Bonchev–Trinajstić information content (AvgIpc) is 2.90. The van der Waals surface area contributed by atoms with Crippen LogP contribution in [0, 0.1) is 0 Å². The first-order valence-corrected chi connectivity index (χ1v) is 9.82. The van der Waals surface area contributed by atoms with Crippen molar-refractivity contribution in [2.45, 2.75) is 38.1 Å². The number of rotatable bonds is 3. The van der Waals surface area contributed by atoms with Gasteiger partial charge in [-0.3, -0.25) is 9.59 Å². The van der Waals surface area contributed by atoms with Gasteiger partial charge in [-0.25, -0.2) is 4.98 Å². The second kappa shape index (κ2) is 6.93. The van der Waals surface area contributed by atoms with E-state index in [1.165, 1.54) is 0 Å². The number of pyridine rings is 1. The molecule has 1 aromatic heterocycles. The molecule has 0 bridgehead atoms. The number of anilines is 2. The highest BCUT2D eigenvalue weighted by Crippen LogP contribution is 2.48. The maximum atomic E-state index is 13.2. The Hall–Kier alpha value is -2.89. The number of fused-ring (bicyclic) bond motifs is 2. The number of nitrogens with zero attached hydrogens (tertiary/aromatic N) is 3. The Morgan fingerprint density at radius 2 is 1.93 bits per heavy atom. The molecule has 0 aliphatic carbocycles. The van der Waals surface area contributed by atoms with Crippen LogP contribution in [0.3, 0.4) is 0 Å². The number of benzene rings is 1. The van der Waals surface area contributed by atoms with E-state index >= 15 is 0 Å². The Kier molecular flexibility index (Phi) is 4.57. The summed E-state index contributed by atoms with van der Waals surface area (Å²) in [5, 5.41) is 2.94. The lowest BCUT2D eigenvalue weighted by molar-refractivity contribution is -0.123. The van der Waals surface area contributed by atoms with Crippen molar-refractivity contribution >= 4 is 23.3 Å². The lowest BCUT2D eigenvalue weighted by Gasteiger charge is -2.39. The second-order valence-electron chi connectivity index (χ2n) is 7.98. The molecule has 6 heteroatoms. The summed E-state index contributed by atoms with van der Waals surface area (Å²) in [6.07, 6.45) is 3.23. The number of nitrogens with one attached hydrogen (secondary N) is 1. The van der Waals surface area contributed by atoms with Gasteiger partial charge in [0.1, 0.15) is 5.82 Å². The molecule has 146 valence electrons. The summed E-state index contributed by atoms with van der Waals surface area (Å²) in [5.41, 5.74) is 1.96. The predicted molar refractivity (Wildman–Crippen MR) is 110 cm³/mol. The van der Waals surface area contributed by atoms with Crippen molar-refractivity contribution in [1.82, 2.24) is 10.3 Å². The van der Waals surface area contributed by atoms with Gasteiger partial charge in [0.2, 0.25) is 5.91 Å². The van der Waals surface area contributed by atoms with Crippen molar-refractivity contribution in [3.63, 3.8) is 0 Å². The lowest BCUT2D eigenvalue weighted by atomic mass is 9.73. The number of carbonyl (C=O) groups excluding carboxylic acids is 2. The molecule has 1 saturated heterocycles. The van der Waals surface area contributed by atoms with Gasteiger partial charge in [0.05, 0.1) is 5.41 Å². The van der Waals surface area contributed by atoms with Gasteiger partial charge in [-0.15, -0.1) is 0 Å². The van der Waals surface area contributed by atoms with Crippen LogP contribution in [0.5, 0.6) is 0 Å². The highest BCUT2D eigenvalue weighted by atomic mass is 16.2. The molecule has 2 aromatic rings. The molecule has 1 aromatic carbocycles. The Balaban J connectivity index is 1.64. The smallest absolute Gasteiger partial charge is 0.251 e. The molecule has 0 saturated carbocycles. The zero-order valence-electron chi connectivity index (χ0n) is 16.6. The van der Waals surface area contributed by atoms with Gasteiger partial charge in [0, 0.05) is 43.6 Å². The van der Waals surface area contributed by atoms with Crippen LogP contribution < -0.4 is 15.1 Å². The average molecular weight is 378 g/mol. The Bertz CT molecular complexity index is 902. The van der Waals surface area contributed by atoms with E-state index in [4.69, 9.17) is 0 Å². The fourth-order valence-corrected chi connectivity index (χ4v) is 4.39. The normalized spacial score (nSPS) is 17.9. The van der Waals surface area contributed by atoms with E-state index in [0.717, 1.165) is 43.0 Å². The zero-order valence-corrected chi connectivity index (χ0v) is 16.6. The quantitative estimate of drug-likeness (QED) is 0.892. The van der Waals surface area contributed by atoms with Crippen LogP contribution in [0.25, 0.3) is 0 Å². The first kappa shape index (κ1) is 18.5. The maximum absolute atomic E-state index is 13.2. The number of piperidine rings is 1. The molecule has 0 radical (unpaired) electrons. The molecule has 0 atom stereocenters. The highest BCUT2D eigenvalue weighted by Gasteiger charge is 2.51. The summed E-state index contributed by atoms with van der Waals surface area (Å²) in [6.45, 7) is 5.41. The molecule has 1 spiro atoms. The molecular formula is C22H26N4O2. The van der Waals surface area contributed by atoms with Gasteiger partial charge in [0.15, 0.2) is 0 Å². The zero-order chi connectivity index (χ0) is 19.9. The summed E-state index contributed by atoms with van der Waals surface area (Å²) in [4.78, 5) is 34.1. The molecule has 2 aliphatic rings. The molecular weight excluding hydrogens is 352 g/mol. The first-order valence-electron chi connectivity index (χ1n) is 9.82. The standard InChI is InChI=1S/C22H26N4O2/c1-15(2)24-20(27)16-7-8-18-17(14-16)22(21(28)25(18)3)9-12-26(13-10-22)19-6-4-5-11-23-19/h4-8,11,14-15H,9-10,12-13H2,1-3H3,(H,24,27). The number of amides is 2. The first-order chi connectivity index (χ1) is 13.4. The van der Waals surface area contributed by atoms with E-state index in [0.29, 0.717) is 5.56 Å². The molecule has 1 fully saturated rings. The Labute approximate surface area is 165 Å². The second-order valence-corrected chi connectivity index (χ2v) is 7.98. The predicted octanol–water partition coefficient (Wildman–Crippen LogP) is 2.73. The van der Waals surface area contributed by atoms with Crippen LogP contribution in [-0.4, -0.2) is 43.0 Å². The van der Waals surface area contributed by atoms with Gasteiger partial charge in [0.25, 0.3) is 5.91 Å². The SMILES string of the molecule is CC(C)NC(=O)c1ccc2c(c1)C1(CCN(c3ccccn3)CC1)C(=O)N2C. The van der Waals surface area contributed by atoms with E-state index in [9.17, 15) is 9.59 Å². The van der Waals surface area contributed by atoms with Crippen LogP contribution in [-0.2, 0) is 10.2 Å². The third-order valence-electron chi connectivity index (χ3n) is 5.86. The van der Waals surface area contributed by atoms with Crippen LogP contribution in [0.4, 0.5) is 11.5 Å². The summed E-state index contributed by atoms with van der Waals surface area (Å²) >= 11 is 0. The molecule has 28 heavy (non-hydrogen) atoms. The molecule has 4 rings (SSSR count). The molecule has 2 amide bonds. The fraction of sp³-hybridized carbons (Fsp3) is 0.409. The topological polar surface area (TPSA) is 65.5 Å². The van der Waals surface area contributed by atoms with Crippen LogP contribution >= 0.6 is 0 Å². The summed E-state index contributed by atoms with van der Waals surface area (Å²) in [6, 6.07) is 11.6. The lowest BCUT2D eigenvalue weighted by Crippen LogP contribution is -2.48. The van der Waals surface area contributed by atoms with E-state index in [2.05, 4.69) is 15.2 Å². The minimum absolute atomic E-state index is 0.0700. The van der Waals surface area contributed by atoms with Crippen molar-refractivity contribution < 1.29 is 9.59 Å². The van der Waals surface area contributed by atoms with E-state index < -0.39 is 5.41 Å². The molecule has 6 nitrogen and oxygen atoms in total. The van der Waals surface area contributed by atoms with E-state index in [1.807, 2.05) is 57.3 Å². The van der Waals surface area contributed by atoms with E-state index in [-0.39, 0.29) is 17.9 Å². The molecule has 2 aliphatic heterocycles. The molecule has 3 heterocycles. The fourth-order valence-electron chi connectivity index (χ4n) is 4.39. The minimum atomic E-state index is -0.552. The molecule has 1 N–H and O–H groups in total. The summed E-state index contributed by atoms with van der Waals surface area (Å²) in [5.74, 6) is 0.979. The van der Waals surface area contributed by atoms with Gasteiger partial charge in [-0.1, -0.05) is 6.07 Å². The van der Waals surface area contributed by atoms with Crippen molar-refractivity contribution in [3.05, 3.63) is 53.7 Å². The summed E-state index contributed by atoms with van der Waals surface area (Å²) in [7, 11) is 1.83. The number of likely N-dealkylation sites (N-methyl/N-ethyl adjacent to an activating group) is 1. The van der Waals surface area contributed by atoms with E-state index in [1.54, 1.807) is 11.1 Å². The minimum Gasteiger partial charge on any atom is -0.357 e. The number of carbonyl (C=O) groups is 2. The maximum Gasteiger partial charge on any atom is 0.251 e. The largest absolute Gasteiger partial charge is 0.357 e. The third kappa shape index (κ3) is 2.93. The van der Waals surface area contributed by atoms with Crippen LogP contribution in [0.1, 0.15) is 42.6 Å². The van der Waals surface area contributed by atoms with Gasteiger partial charge in [-0.2, -0.15) is 0 Å². The van der Waals surface area contributed by atoms with Crippen LogP contribution in [0.15, 0.2) is 42.6 Å². The number of aromatic nitrogens is 1.